The van der Waals surface area contributed by atoms with Gasteiger partial charge in [-0.05, 0) is 153 Å². The van der Waals surface area contributed by atoms with E-state index in [0.29, 0.717) is 0 Å². The molecule has 68 heavy (non-hydrogen) atoms. The lowest BCUT2D eigenvalue weighted by molar-refractivity contribution is 0.490. The van der Waals surface area contributed by atoms with Gasteiger partial charge in [-0.1, -0.05) is 185 Å². The van der Waals surface area contributed by atoms with Crippen molar-refractivity contribution in [3.05, 3.63) is 241 Å². The topological polar surface area (TPSA) is 6.48 Å². The highest BCUT2D eigenvalue weighted by Crippen LogP contribution is 2.57. The molecule has 330 valence electrons. The molecule has 0 aliphatic heterocycles. The van der Waals surface area contributed by atoms with Crippen LogP contribution >= 0.6 is 0 Å². The van der Waals surface area contributed by atoms with Crippen molar-refractivity contribution in [1.82, 2.24) is 0 Å². The smallest absolute Gasteiger partial charge is 0.0618 e. The van der Waals surface area contributed by atoms with Gasteiger partial charge in [0.2, 0.25) is 0 Å². The van der Waals surface area contributed by atoms with Gasteiger partial charge in [0.25, 0.3) is 0 Å². The maximum atomic E-state index is 2.52. The molecule has 0 unspecified atom stereocenters. The number of benzene rings is 10. The van der Waals surface area contributed by atoms with Crippen molar-refractivity contribution in [3.8, 4) is 33.4 Å². The van der Waals surface area contributed by atoms with Crippen LogP contribution in [0.5, 0.6) is 0 Å². The second-order valence-electron chi connectivity index (χ2n) is 18.8. The van der Waals surface area contributed by atoms with Gasteiger partial charge in [-0.25, -0.2) is 0 Å². The molecule has 2 heteroatoms. The van der Waals surface area contributed by atoms with Gasteiger partial charge in [0.15, 0.2) is 0 Å². The zero-order valence-electron chi connectivity index (χ0n) is 39.5. The molecule has 0 spiro atoms. The summed E-state index contributed by atoms with van der Waals surface area (Å²) in [5, 5.41) is 4.90. The highest BCUT2D eigenvalue weighted by Gasteiger charge is 2.42. The van der Waals surface area contributed by atoms with Crippen LogP contribution in [0.3, 0.4) is 0 Å². The fourth-order valence-electron chi connectivity index (χ4n) is 12.6. The maximum Gasteiger partial charge on any atom is 0.0618 e. The second-order valence-corrected chi connectivity index (χ2v) is 18.8. The molecule has 2 nitrogen and oxygen atoms in total. The molecule has 0 saturated carbocycles. The van der Waals surface area contributed by atoms with E-state index in [9.17, 15) is 0 Å². The van der Waals surface area contributed by atoms with E-state index in [0.717, 1.165) is 42.7 Å². The molecule has 0 N–H and O–H groups in total. The van der Waals surface area contributed by atoms with Gasteiger partial charge in [0.05, 0.1) is 5.69 Å². The molecule has 2 aliphatic rings. The zero-order chi connectivity index (χ0) is 46.0. The van der Waals surface area contributed by atoms with Crippen molar-refractivity contribution < 1.29 is 0 Å². The summed E-state index contributed by atoms with van der Waals surface area (Å²) in [5.41, 5.74) is 20.6. The minimum absolute atomic E-state index is 0.0134. The summed E-state index contributed by atoms with van der Waals surface area (Å²) in [6, 6.07) is 81.8. The lowest BCUT2D eigenvalue weighted by Crippen LogP contribution is -2.23. The van der Waals surface area contributed by atoms with Crippen LogP contribution in [0.1, 0.15) is 75.6 Å². The van der Waals surface area contributed by atoms with E-state index in [1.165, 1.54) is 94.2 Å². The summed E-state index contributed by atoms with van der Waals surface area (Å²) < 4.78 is 0. The van der Waals surface area contributed by atoms with Crippen LogP contribution in [0, 0.1) is 0 Å². The van der Waals surface area contributed by atoms with E-state index in [2.05, 4.69) is 256 Å². The molecule has 0 atom stereocenters. The highest BCUT2D eigenvalue weighted by atomic mass is 15.1. The van der Waals surface area contributed by atoms with Crippen LogP contribution in [0.25, 0.3) is 54.9 Å². The average Bonchev–Trinajstić information content (AvgIpc) is 3.86. The molecular formula is C66H56N2. The first-order valence-corrected chi connectivity index (χ1v) is 24.8. The summed E-state index contributed by atoms with van der Waals surface area (Å²) in [4.78, 5) is 4.95. The maximum absolute atomic E-state index is 2.52. The summed E-state index contributed by atoms with van der Waals surface area (Å²) in [5.74, 6) is 0. The van der Waals surface area contributed by atoms with Crippen molar-refractivity contribution in [2.75, 3.05) is 9.80 Å². The Morgan fingerprint density at radius 1 is 0.294 bits per heavy atom. The van der Waals surface area contributed by atoms with Crippen molar-refractivity contribution in [2.45, 2.75) is 64.2 Å². The molecule has 0 bridgehead atoms. The van der Waals surface area contributed by atoms with Gasteiger partial charge >= 0.3 is 0 Å². The molecule has 0 aromatic heterocycles. The Morgan fingerprint density at radius 2 is 0.647 bits per heavy atom. The third kappa shape index (κ3) is 6.16. The SMILES string of the molecule is CCC1(CC)c2ccccc2-c2ccc(N(c3ccccc3)c3ccc(-c4c5ccccc5c(N(c5ccccc5)c5ccc6c(c5)C(CC)(CC)c5ccccc5-6)c5ccccc45)cc3)cc21. The number of anilines is 6. The van der Waals surface area contributed by atoms with Crippen LogP contribution in [0.15, 0.2) is 218 Å². The summed E-state index contributed by atoms with van der Waals surface area (Å²) in [6.45, 7) is 9.42. The van der Waals surface area contributed by atoms with Gasteiger partial charge in [-0.2, -0.15) is 0 Å². The van der Waals surface area contributed by atoms with Crippen molar-refractivity contribution in [1.29, 1.82) is 0 Å². The number of nitrogens with zero attached hydrogens (tertiary/aromatic N) is 2. The Hall–Kier alpha value is -7.68. The van der Waals surface area contributed by atoms with Crippen LogP contribution < -0.4 is 9.80 Å². The fourth-order valence-corrected chi connectivity index (χ4v) is 12.6. The number of fused-ring (bicyclic) bond motifs is 8. The van der Waals surface area contributed by atoms with Crippen molar-refractivity contribution in [2.24, 2.45) is 0 Å². The molecule has 12 rings (SSSR count). The summed E-state index contributed by atoms with van der Waals surface area (Å²) in [7, 11) is 0. The summed E-state index contributed by atoms with van der Waals surface area (Å²) >= 11 is 0. The number of para-hydroxylation sites is 2. The first-order valence-electron chi connectivity index (χ1n) is 24.8. The molecule has 2 aliphatic carbocycles. The van der Waals surface area contributed by atoms with E-state index >= 15 is 0 Å². The normalized spacial score (nSPS) is 13.8. The Bertz CT molecular complexity index is 3450. The molecule has 0 saturated heterocycles. The van der Waals surface area contributed by atoms with Gasteiger partial charge in [0.1, 0.15) is 0 Å². The largest absolute Gasteiger partial charge is 0.310 e. The van der Waals surface area contributed by atoms with E-state index < -0.39 is 0 Å². The molecule has 0 fully saturated rings. The third-order valence-corrected chi connectivity index (χ3v) is 16.0. The molecule has 10 aromatic rings. The molecule has 0 amide bonds. The van der Waals surface area contributed by atoms with E-state index in [1.54, 1.807) is 0 Å². The monoisotopic (exact) mass is 876 g/mol. The van der Waals surface area contributed by atoms with Gasteiger partial charge in [-0.15, -0.1) is 0 Å². The van der Waals surface area contributed by atoms with Gasteiger partial charge in [0, 0.05) is 50.0 Å². The number of hydrogen-bond donors (Lipinski definition) is 0. The number of rotatable bonds is 11. The highest BCUT2D eigenvalue weighted by molar-refractivity contribution is 6.22. The van der Waals surface area contributed by atoms with Crippen LogP contribution in [-0.2, 0) is 10.8 Å². The lowest BCUT2D eigenvalue weighted by Gasteiger charge is -2.33. The molecule has 0 radical (unpaired) electrons. The quantitative estimate of drug-likeness (QED) is 0.119. The Kier molecular flexibility index (Phi) is 10.2. The lowest BCUT2D eigenvalue weighted by atomic mass is 9.74. The summed E-state index contributed by atoms with van der Waals surface area (Å²) in [6.07, 6.45) is 4.21. The molecule has 10 aromatic carbocycles. The molecular weight excluding hydrogens is 821 g/mol. The van der Waals surface area contributed by atoms with Crippen molar-refractivity contribution >= 4 is 55.7 Å². The predicted molar refractivity (Wildman–Crippen MR) is 290 cm³/mol. The Labute approximate surface area is 401 Å². The van der Waals surface area contributed by atoms with E-state index in [-0.39, 0.29) is 10.8 Å². The predicted octanol–water partition coefficient (Wildman–Crippen LogP) is 18.8. The second kappa shape index (κ2) is 16.6. The van der Waals surface area contributed by atoms with Crippen LogP contribution in [-0.4, -0.2) is 0 Å². The number of hydrogen-bond acceptors (Lipinski definition) is 2. The fraction of sp³-hybridized carbons (Fsp3) is 0.152. The van der Waals surface area contributed by atoms with Gasteiger partial charge < -0.3 is 9.80 Å². The van der Waals surface area contributed by atoms with Crippen LogP contribution in [0.2, 0.25) is 0 Å². The minimum Gasteiger partial charge on any atom is -0.310 e. The Morgan fingerprint density at radius 3 is 1.12 bits per heavy atom. The van der Waals surface area contributed by atoms with E-state index in [1.807, 2.05) is 0 Å². The standard InChI is InChI=1S/C66H56N2/c1-5-65(6-2)59-33-21-19-27-51(59)53-41-39-49(43-61(53)65)67(46-23-11-9-12-24-46)48-37-35-45(36-38-48)63-55-29-15-17-31-57(55)64(58-32-18-16-30-56(58)63)68(47-25-13-10-14-26-47)50-40-42-54-52-28-20-22-34-60(52)66(7-3,8-4)62(54)44-50/h9-44H,5-8H2,1-4H3. The van der Waals surface area contributed by atoms with Crippen molar-refractivity contribution in [3.63, 3.8) is 0 Å². The minimum atomic E-state index is -0.0391. The van der Waals surface area contributed by atoms with E-state index in [4.69, 9.17) is 0 Å². The average molecular weight is 877 g/mol. The van der Waals surface area contributed by atoms with Gasteiger partial charge in [-0.3, -0.25) is 0 Å². The third-order valence-electron chi connectivity index (χ3n) is 16.0. The first kappa shape index (κ1) is 41.7. The zero-order valence-corrected chi connectivity index (χ0v) is 39.5. The Balaban J connectivity index is 1.02. The van der Waals surface area contributed by atoms with Crippen LogP contribution in [0.4, 0.5) is 34.1 Å². The molecule has 0 heterocycles. The first-order chi connectivity index (χ1) is 33.5.